The second-order valence-electron chi connectivity index (χ2n) is 7.08. The summed E-state index contributed by atoms with van der Waals surface area (Å²) >= 11 is 0. The Morgan fingerprint density at radius 2 is 1.65 bits per heavy atom. The van der Waals surface area contributed by atoms with Gasteiger partial charge >= 0.3 is 0 Å². The van der Waals surface area contributed by atoms with Gasteiger partial charge < -0.3 is 9.80 Å². The van der Waals surface area contributed by atoms with Crippen LogP contribution in [0, 0.1) is 5.92 Å². The molecule has 5 heteroatoms. The molecule has 2 unspecified atom stereocenters. The van der Waals surface area contributed by atoms with E-state index in [-0.39, 0.29) is 11.8 Å². The SMILES string of the molecule is CCN(CC)C(=O)CN(C)CC(=O)N1CCCC2CCCCC21. The topological polar surface area (TPSA) is 43.9 Å². The van der Waals surface area contributed by atoms with Crippen LogP contribution >= 0.6 is 0 Å². The maximum atomic E-state index is 12.7. The third-order valence-corrected chi connectivity index (χ3v) is 5.49. The highest BCUT2D eigenvalue weighted by molar-refractivity contribution is 5.81. The molecule has 2 aliphatic rings. The minimum Gasteiger partial charge on any atom is -0.342 e. The lowest BCUT2D eigenvalue weighted by molar-refractivity contribution is -0.139. The van der Waals surface area contributed by atoms with Gasteiger partial charge in [-0.2, -0.15) is 0 Å². The molecule has 23 heavy (non-hydrogen) atoms. The van der Waals surface area contributed by atoms with Crippen LogP contribution in [0.2, 0.25) is 0 Å². The second-order valence-corrected chi connectivity index (χ2v) is 7.08. The van der Waals surface area contributed by atoms with E-state index in [0.29, 0.717) is 25.0 Å². The number of hydrogen-bond donors (Lipinski definition) is 0. The van der Waals surface area contributed by atoms with Crippen LogP contribution in [0.25, 0.3) is 0 Å². The van der Waals surface area contributed by atoms with Crippen LogP contribution in [0.5, 0.6) is 0 Å². The van der Waals surface area contributed by atoms with E-state index < -0.39 is 0 Å². The van der Waals surface area contributed by atoms with E-state index in [4.69, 9.17) is 0 Å². The van der Waals surface area contributed by atoms with Gasteiger partial charge in [-0.1, -0.05) is 12.8 Å². The van der Waals surface area contributed by atoms with E-state index in [0.717, 1.165) is 26.1 Å². The van der Waals surface area contributed by atoms with Crippen molar-refractivity contribution in [3.63, 3.8) is 0 Å². The van der Waals surface area contributed by atoms with Crippen molar-refractivity contribution < 1.29 is 9.59 Å². The summed E-state index contributed by atoms with van der Waals surface area (Å²) in [5, 5.41) is 0. The molecule has 1 aliphatic heterocycles. The summed E-state index contributed by atoms with van der Waals surface area (Å²) < 4.78 is 0. The molecular formula is C18H33N3O2. The van der Waals surface area contributed by atoms with Crippen LogP contribution in [0.4, 0.5) is 0 Å². The molecule has 1 saturated carbocycles. The van der Waals surface area contributed by atoms with Gasteiger partial charge in [-0.05, 0) is 52.5 Å². The smallest absolute Gasteiger partial charge is 0.237 e. The second kappa shape index (κ2) is 8.67. The predicted octanol–water partition coefficient (Wildman–Crippen LogP) is 1.97. The van der Waals surface area contributed by atoms with Crippen molar-refractivity contribution in [1.82, 2.24) is 14.7 Å². The van der Waals surface area contributed by atoms with E-state index in [1.807, 2.05) is 30.7 Å². The molecule has 5 nitrogen and oxygen atoms in total. The Hall–Kier alpha value is -1.10. The first kappa shape index (κ1) is 18.2. The molecule has 0 aromatic heterocycles. The summed E-state index contributed by atoms with van der Waals surface area (Å²) in [6.45, 7) is 7.02. The lowest BCUT2D eigenvalue weighted by atomic mass is 9.78. The highest BCUT2D eigenvalue weighted by Crippen LogP contribution is 2.35. The van der Waals surface area contributed by atoms with Gasteiger partial charge in [-0.3, -0.25) is 14.5 Å². The average Bonchev–Trinajstić information content (AvgIpc) is 2.55. The molecule has 2 fully saturated rings. The number of amides is 2. The zero-order chi connectivity index (χ0) is 16.8. The summed E-state index contributed by atoms with van der Waals surface area (Å²) in [5.74, 6) is 1.03. The standard InChI is InChI=1S/C18H33N3O2/c1-4-20(5-2)17(22)13-19(3)14-18(23)21-12-8-10-15-9-6-7-11-16(15)21/h15-16H,4-14H2,1-3H3. The zero-order valence-corrected chi connectivity index (χ0v) is 15.1. The molecule has 1 heterocycles. The summed E-state index contributed by atoms with van der Waals surface area (Å²) in [6, 6.07) is 0.455. The number of fused-ring (bicyclic) bond motifs is 1. The molecule has 2 amide bonds. The van der Waals surface area contributed by atoms with Crippen molar-refractivity contribution >= 4 is 11.8 Å². The number of rotatable bonds is 6. The van der Waals surface area contributed by atoms with Crippen molar-refractivity contribution in [1.29, 1.82) is 0 Å². The Kier molecular flexibility index (Phi) is 6.88. The number of likely N-dealkylation sites (N-methyl/N-ethyl adjacent to an activating group) is 2. The maximum Gasteiger partial charge on any atom is 0.237 e. The van der Waals surface area contributed by atoms with Gasteiger partial charge in [0.2, 0.25) is 11.8 Å². The number of likely N-dealkylation sites (tertiary alicyclic amines) is 1. The van der Waals surface area contributed by atoms with Crippen molar-refractivity contribution in [3.8, 4) is 0 Å². The number of piperidine rings is 1. The van der Waals surface area contributed by atoms with Gasteiger partial charge in [0.1, 0.15) is 0 Å². The molecule has 2 atom stereocenters. The lowest BCUT2D eigenvalue weighted by Gasteiger charge is -2.44. The largest absolute Gasteiger partial charge is 0.342 e. The van der Waals surface area contributed by atoms with Crippen molar-refractivity contribution in [2.24, 2.45) is 5.92 Å². The monoisotopic (exact) mass is 323 g/mol. The van der Waals surface area contributed by atoms with E-state index in [9.17, 15) is 9.59 Å². The molecule has 1 saturated heterocycles. The third kappa shape index (κ3) is 4.69. The number of carbonyl (C=O) groups is 2. The minimum atomic E-state index is 0.111. The van der Waals surface area contributed by atoms with Crippen LogP contribution in [0.3, 0.4) is 0 Å². The predicted molar refractivity (Wildman–Crippen MR) is 92.1 cm³/mol. The summed E-state index contributed by atoms with van der Waals surface area (Å²) in [7, 11) is 1.88. The van der Waals surface area contributed by atoms with Gasteiger partial charge in [0.25, 0.3) is 0 Å². The molecule has 0 N–H and O–H groups in total. The highest BCUT2D eigenvalue weighted by atomic mass is 16.2. The van der Waals surface area contributed by atoms with Gasteiger partial charge in [-0.25, -0.2) is 0 Å². The van der Waals surface area contributed by atoms with Gasteiger partial charge in [0.15, 0.2) is 0 Å². The summed E-state index contributed by atoms with van der Waals surface area (Å²) in [6.07, 6.45) is 7.44. The van der Waals surface area contributed by atoms with E-state index in [2.05, 4.69) is 4.90 Å². The van der Waals surface area contributed by atoms with Crippen molar-refractivity contribution in [2.45, 2.75) is 58.4 Å². The first-order valence-corrected chi connectivity index (χ1v) is 9.32. The fourth-order valence-corrected chi connectivity index (χ4v) is 4.22. The molecule has 2 rings (SSSR count). The van der Waals surface area contributed by atoms with Crippen LogP contribution in [0.1, 0.15) is 52.4 Å². The molecule has 0 radical (unpaired) electrons. The Balaban J connectivity index is 1.86. The number of carbonyl (C=O) groups excluding carboxylic acids is 2. The lowest BCUT2D eigenvalue weighted by Crippen LogP contribution is -2.52. The third-order valence-electron chi connectivity index (χ3n) is 5.49. The maximum absolute atomic E-state index is 12.7. The van der Waals surface area contributed by atoms with Gasteiger partial charge in [0.05, 0.1) is 13.1 Å². The number of nitrogens with zero attached hydrogens (tertiary/aromatic N) is 3. The van der Waals surface area contributed by atoms with Gasteiger partial charge in [0, 0.05) is 25.7 Å². The Bertz CT molecular complexity index is 407. The zero-order valence-electron chi connectivity index (χ0n) is 15.1. The molecule has 1 aliphatic carbocycles. The molecule has 0 aromatic rings. The molecule has 0 bridgehead atoms. The van der Waals surface area contributed by atoms with E-state index in [1.54, 1.807) is 0 Å². The highest BCUT2D eigenvalue weighted by Gasteiger charge is 2.35. The number of hydrogen-bond acceptors (Lipinski definition) is 3. The van der Waals surface area contributed by atoms with Crippen LogP contribution < -0.4 is 0 Å². The fraction of sp³-hybridized carbons (Fsp3) is 0.889. The Morgan fingerprint density at radius 1 is 1.00 bits per heavy atom. The van der Waals surface area contributed by atoms with Gasteiger partial charge in [-0.15, -0.1) is 0 Å². The summed E-state index contributed by atoms with van der Waals surface area (Å²) in [5.41, 5.74) is 0. The molecule has 132 valence electrons. The normalized spacial score (nSPS) is 24.4. The molecule has 0 aromatic carbocycles. The Labute approximate surface area is 141 Å². The first-order valence-electron chi connectivity index (χ1n) is 9.32. The van der Waals surface area contributed by atoms with Crippen LogP contribution in [-0.2, 0) is 9.59 Å². The van der Waals surface area contributed by atoms with Crippen LogP contribution in [-0.4, -0.2) is 72.3 Å². The quantitative estimate of drug-likeness (QED) is 0.750. The van der Waals surface area contributed by atoms with Crippen molar-refractivity contribution in [3.05, 3.63) is 0 Å². The molecule has 0 spiro atoms. The van der Waals surface area contributed by atoms with Crippen molar-refractivity contribution in [2.75, 3.05) is 39.8 Å². The fourth-order valence-electron chi connectivity index (χ4n) is 4.22. The summed E-state index contributed by atoms with van der Waals surface area (Å²) in [4.78, 5) is 30.7. The first-order chi connectivity index (χ1) is 11.1. The molecular weight excluding hydrogens is 290 g/mol. The van der Waals surface area contributed by atoms with Crippen LogP contribution in [0.15, 0.2) is 0 Å². The Morgan fingerprint density at radius 3 is 2.35 bits per heavy atom. The minimum absolute atomic E-state index is 0.111. The van der Waals surface area contributed by atoms with E-state index >= 15 is 0 Å². The average molecular weight is 323 g/mol. The van der Waals surface area contributed by atoms with E-state index in [1.165, 1.54) is 32.1 Å².